The number of para-hydroxylation sites is 1. The number of rotatable bonds is 7. The smallest absolute Gasteiger partial charge is 0.331 e. The summed E-state index contributed by atoms with van der Waals surface area (Å²) in [7, 11) is 1.31. The molecular formula is C20H22N4O3S. The number of esters is 1. The molecule has 1 amide bonds. The number of aromatic nitrogens is 3. The van der Waals surface area contributed by atoms with Crippen LogP contribution in [0.3, 0.4) is 0 Å². The fraction of sp³-hybridized carbons (Fsp3) is 0.300. The van der Waals surface area contributed by atoms with Gasteiger partial charge >= 0.3 is 5.97 Å². The van der Waals surface area contributed by atoms with Gasteiger partial charge in [-0.25, -0.2) is 14.5 Å². The highest BCUT2D eigenvalue weighted by molar-refractivity contribution is 7.13. The van der Waals surface area contributed by atoms with Crippen LogP contribution in [-0.2, 0) is 9.53 Å². The summed E-state index contributed by atoms with van der Waals surface area (Å²) in [5.74, 6) is -0.447. The number of amides is 1. The first-order valence-corrected chi connectivity index (χ1v) is 9.83. The molecule has 1 unspecified atom stereocenters. The number of hydrogen-bond acceptors (Lipinski definition) is 6. The Kier molecular flexibility index (Phi) is 5.89. The lowest BCUT2D eigenvalue weighted by molar-refractivity contribution is -0.147. The van der Waals surface area contributed by atoms with Gasteiger partial charge in [-0.2, -0.15) is 0 Å². The second kappa shape index (κ2) is 8.35. The van der Waals surface area contributed by atoms with Crippen LogP contribution in [-0.4, -0.2) is 39.3 Å². The van der Waals surface area contributed by atoms with E-state index in [0.29, 0.717) is 18.7 Å². The molecule has 0 saturated carbocycles. The number of nitrogens with zero attached hydrogens (tertiary/aromatic N) is 3. The van der Waals surface area contributed by atoms with Gasteiger partial charge < -0.3 is 10.1 Å². The molecule has 3 aromatic rings. The van der Waals surface area contributed by atoms with Crippen LogP contribution in [0.15, 0.2) is 47.8 Å². The number of carbonyl (C=O) groups excluding carboxylic acids is 2. The molecule has 2 heterocycles. The van der Waals surface area contributed by atoms with E-state index in [1.807, 2.05) is 54.8 Å². The van der Waals surface area contributed by atoms with Gasteiger partial charge in [0.25, 0.3) is 5.91 Å². The topological polar surface area (TPSA) is 86.1 Å². The molecular weight excluding hydrogens is 376 g/mol. The Balaban J connectivity index is 1.98. The summed E-state index contributed by atoms with van der Waals surface area (Å²) in [5, 5.41) is 9.10. The molecule has 0 bridgehead atoms. The lowest BCUT2D eigenvalue weighted by atomic mass is 9.96. The Morgan fingerprint density at radius 1 is 1.21 bits per heavy atom. The molecule has 0 aliphatic rings. The van der Waals surface area contributed by atoms with Crippen molar-refractivity contribution >= 4 is 23.2 Å². The van der Waals surface area contributed by atoms with Gasteiger partial charge in [0, 0.05) is 0 Å². The maximum Gasteiger partial charge on any atom is 0.331 e. The summed E-state index contributed by atoms with van der Waals surface area (Å²) >= 11 is 1.51. The summed E-state index contributed by atoms with van der Waals surface area (Å²) in [4.78, 5) is 30.4. The van der Waals surface area contributed by atoms with Crippen molar-refractivity contribution in [3.8, 4) is 16.4 Å². The predicted octanol–water partition coefficient (Wildman–Crippen LogP) is 3.46. The molecule has 0 saturated heterocycles. The van der Waals surface area contributed by atoms with Gasteiger partial charge in [-0.05, 0) is 36.9 Å². The summed E-state index contributed by atoms with van der Waals surface area (Å²) in [6.45, 7) is 3.58. The van der Waals surface area contributed by atoms with Gasteiger partial charge in [-0.3, -0.25) is 4.79 Å². The summed E-state index contributed by atoms with van der Waals surface area (Å²) in [5.41, 5.74) is -0.344. The van der Waals surface area contributed by atoms with Crippen LogP contribution >= 0.6 is 11.3 Å². The van der Waals surface area contributed by atoms with E-state index in [1.165, 1.54) is 18.4 Å². The third kappa shape index (κ3) is 3.96. The quantitative estimate of drug-likeness (QED) is 0.616. The maximum atomic E-state index is 12.9. The fourth-order valence-corrected chi connectivity index (χ4v) is 3.67. The van der Waals surface area contributed by atoms with E-state index in [0.717, 1.165) is 10.6 Å². The second-order valence-electron chi connectivity index (χ2n) is 6.51. The number of ether oxygens (including phenoxy) is 1. The van der Waals surface area contributed by atoms with Gasteiger partial charge in [0.2, 0.25) is 5.82 Å². The molecule has 7 nitrogen and oxygen atoms in total. The average Bonchev–Trinajstić information content (AvgIpc) is 3.37. The van der Waals surface area contributed by atoms with Crippen molar-refractivity contribution in [1.29, 1.82) is 0 Å². The minimum atomic E-state index is -1.14. The van der Waals surface area contributed by atoms with Crippen molar-refractivity contribution < 1.29 is 14.3 Å². The second-order valence-corrected chi connectivity index (χ2v) is 7.46. The summed E-state index contributed by atoms with van der Waals surface area (Å²) in [6, 6.07) is 13.3. The molecule has 0 radical (unpaired) electrons. The standard InChI is InChI=1S/C20H22N4O3S/c1-4-12-20(2,19(26)27-3)22-18(25)16-21-17(15-11-8-13-28-15)24(23-16)14-9-6-5-7-10-14/h5-11,13H,4,12H2,1-3H3,(H,22,25). The van der Waals surface area contributed by atoms with E-state index in [-0.39, 0.29) is 5.82 Å². The number of carbonyl (C=O) groups is 2. The summed E-state index contributed by atoms with van der Waals surface area (Å²) in [6.07, 6.45) is 1.15. The van der Waals surface area contributed by atoms with E-state index < -0.39 is 17.4 Å². The first kappa shape index (κ1) is 19.8. The third-order valence-corrected chi connectivity index (χ3v) is 5.19. The number of methoxy groups -OCH3 is 1. The zero-order valence-corrected chi connectivity index (χ0v) is 16.8. The Bertz CT molecular complexity index is 953. The first-order chi connectivity index (χ1) is 13.5. The highest BCUT2D eigenvalue weighted by Crippen LogP contribution is 2.26. The lowest BCUT2D eigenvalue weighted by Gasteiger charge is -2.26. The normalized spacial score (nSPS) is 13.0. The van der Waals surface area contributed by atoms with Gasteiger partial charge in [-0.15, -0.1) is 16.4 Å². The molecule has 3 rings (SSSR count). The van der Waals surface area contributed by atoms with Gasteiger partial charge in [0.05, 0.1) is 17.7 Å². The van der Waals surface area contributed by atoms with Crippen LogP contribution in [0.1, 0.15) is 37.3 Å². The molecule has 0 spiro atoms. The maximum absolute atomic E-state index is 12.9. The molecule has 0 fully saturated rings. The first-order valence-electron chi connectivity index (χ1n) is 8.96. The Morgan fingerprint density at radius 3 is 2.57 bits per heavy atom. The average molecular weight is 398 g/mol. The Labute approximate surface area is 167 Å². The predicted molar refractivity (Wildman–Crippen MR) is 107 cm³/mol. The monoisotopic (exact) mass is 398 g/mol. The highest BCUT2D eigenvalue weighted by atomic mass is 32.1. The number of benzene rings is 1. The third-order valence-electron chi connectivity index (χ3n) is 4.33. The highest BCUT2D eigenvalue weighted by Gasteiger charge is 2.36. The van der Waals surface area contributed by atoms with E-state index >= 15 is 0 Å². The van der Waals surface area contributed by atoms with Crippen LogP contribution in [0, 0.1) is 0 Å². The van der Waals surface area contributed by atoms with Crippen molar-refractivity contribution in [3.05, 3.63) is 53.7 Å². The molecule has 146 valence electrons. The molecule has 0 aliphatic heterocycles. The van der Waals surface area contributed by atoms with Crippen LogP contribution < -0.4 is 5.32 Å². The van der Waals surface area contributed by atoms with E-state index in [9.17, 15) is 9.59 Å². The lowest BCUT2D eigenvalue weighted by Crippen LogP contribution is -2.53. The van der Waals surface area contributed by atoms with E-state index in [2.05, 4.69) is 15.4 Å². The zero-order chi connectivity index (χ0) is 20.1. The molecule has 1 atom stereocenters. The van der Waals surface area contributed by atoms with Crippen molar-refractivity contribution in [2.45, 2.75) is 32.2 Å². The fourth-order valence-electron chi connectivity index (χ4n) is 2.97. The van der Waals surface area contributed by atoms with Crippen LogP contribution in [0.4, 0.5) is 0 Å². The summed E-state index contributed by atoms with van der Waals surface area (Å²) < 4.78 is 6.50. The minimum Gasteiger partial charge on any atom is -0.467 e. The Hall–Kier alpha value is -3.00. The molecule has 1 N–H and O–H groups in total. The van der Waals surface area contributed by atoms with E-state index in [4.69, 9.17) is 4.74 Å². The molecule has 0 aliphatic carbocycles. The largest absolute Gasteiger partial charge is 0.467 e. The van der Waals surface area contributed by atoms with Crippen LogP contribution in [0.2, 0.25) is 0 Å². The number of nitrogens with one attached hydrogen (secondary N) is 1. The molecule has 8 heteroatoms. The molecule has 1 aromatic carbocycles. The van der Waals surface area contributed by atoms with Crippen LogP contribution in [0.25, 0.3) is 16.4 Å². The van der Waals surface area contributed by atoms with Crippen molar-refractivity contribution in [1.82, 2.24) is 20.1 Å². The van der Waals surface area contributed by atoms with Crippen molar-refractivity contribution in [2.24, 2.45) is 0 Å². The SMILES string of the molecule is CCCC(C)(NC(=O)c1nc(-c2cccs2)n(-c2ccccc2)n1)C(=O)OC. The Morgan fingerprint density at radius 2 is 1.96 bits per heavy atom. The van der Waals surface area contributed by atoms with Crippen molar-refractivity contribution in [3.63, 3.8) is 0 Å². The van der Waals surface area contributed by atoms with Gasteiger partial charge in [0.1, 0.15) is 5.54 Å². The van der Waals surface area contributed by atoms with Gasteiger partial charge in [0.15, 0.2) is 5.82 Å². The molecule has 2 aromatic heterocycles. The van der Waals surface area contributed by atoms with Gasteiger partial charge in [-0.1, -0.05) is 37.6 Å². The van der Waals surface area contributed by atoms with Crippen LogP contribution in [0.5, 0.6) is 0 Å². The zero-order valence-electron chi connectivity index (χ0n) is 16.0. The number of hydrogen-bond donors (Lipinski definition) is 1. The molecule has 28 heavy (non-hydrogen) atoms. The number of thiophene rings is 1. The van der Waals surface area contributed by atoms with Crippen molar-refractivity contribution in [2.75, 3.05) is 7.11 Å². The van der Waals surface area contributed by atoms with E-state index in [1.54, 1.807) is 11.6 Å². The minimum absolute atomic E-state index is 0.00140.